The molecule has 0 spiro atoms. The van der Waals surface area contributed by atoms with Crippen LogP contribution in [0.1, 0.15) is 310 Å². The van der Waals surface area contributed by atoms with Crippen molar-refractivity contribution in [2.24, 2.45) is 0 Å². The summed E-state index contributed by atoms with van der Waals surface area (Å²) >= 11 is 0. The second kappa shape index (κ2) is 69.0. The molecule has 0 saturated heterocycles. The molecule has 0 radical (unpaired) electrons. The molecule has 0 aliphatic heterocycles. The molecule has 0 aromatic heterocycles. The first-order chi connectivity index (χ1) is 40.5. The van der Waals surface area contributed by atoms with Crippen molar-refractivity contribution in [3.8, 4) is 0 Å². The van der Waals surface area contributed by atoms with Crippen LogP contribution in [0.4, 0.5) is 0 Å². The maximum atomic E-state index is 12.9. The van der Waals surface area contributed by atoms with Crippen LogP contribution < -0.4 is 0 Å². The van der Waals surface area contributed by atoms with Crippen LogP contribution in [-0.2, 0) is 28.6 Å². The molecule has 0 fully saturated rings. The number of ether oxygens (including phenoxy) is 3. The Morgan fingerprint density at radius 1 is 0.256 bits per heavy atom. The van der Waals surface area contributed by atoms with E-state index in [-0.39, 0.29) is 31.1 Å². The topological polar surface area (TPSA) is 78.9 Å². The van der Waals surface area contributed by atoms with Gasteiger partial charge < -0.3 is 14.2 Å². The van der Waals surface area contributed by atoms with Gasteiger partial charge >= 0.3 is 17.9 Å². The number of hydrogen-bond acceptors (Lipinski definition) is 6. The van der Waals surface area contributed by atoms with Crippen LogP contribution in [0.25, 0.3) is 0 Å². The number of rotatable bonds is 61. The molecule has 6 nitrogen and oxygen atoms in total. The first-order valence-electron chi connectivity index (χ1n) is 34.2. The largest absolute Gasteiger partial charge is 0.462 e. The van der Waals surface area contributed by atoms with Crippen molar-refractivity contribution in [2.75, 3.05) is 13.2 Å². The van der Waals surface area contributed by atoms with E-state index in [1.807, 2.05) is 0 Å². The minimum Gasteiger partial charge on any atom is -0.462 e. The zero-order valence-electron chi connectivity index (χ0n) is 53.5. The zero-order valence-corrected chi connectivity index (χ0v) is 53.5. The minimum atomic E-state index is -0.803. The van der Waals surface area contributed by atoms with E-state index in [1.165, 1.54) is 148 Å². The van der Waals surface area contributed by atoms with E-state index >= 15 is 0 Å². The van der Waals surface area contributed by atoms with Gasteiger partial charge in [0.2, 0.25) is 0 Å². The Labute approximate surface area is 506 Å². The number of carbonyl (C=O) groups is 3. The van der Waals surface area contributed by atoms with E-state index in [0.29, 0.717) is 25.7 Å². The lowest BCUT2D eigenvalue weighted by molar-refractivity contribution is -0.167. The average molecular weight is 1140 g/mol. The van der Waals surface area contributed by atoms with Crippen LogP contribution in [0.15, 0.2) is 134 Å². The van der Waals surface area contributed by atoms with Gasteiger partial charge in [-0.15, -0.1) is 0 Å². The summed E-state index contributed by atoms with van der Waals surface area (Å²) in [4.78, 5) is 38.4. The van der Waals surface area contributed by atoms with Gasteiger partial charge in [-0.1, -0.05) is 302 Å². The Morgan fingerprint density at radius 3 is 0.768 bits per heavy atom. The highest BCUT2D eigenvalue weighted by Crippen LogP contribution is 2.16. The van der Waals surface area contributed by atoms with E-state index in [2.05, 4.69) is 154 Å². The predicted octanol–water partition coefficient (Wildman–Crippen LogP) is 23.7. The van der Waals surface area contributed by atoms with Gasteiger partial charge in [-0.25, -0.2) is 0 Å². The van der Waals surface area contributed by atoms with Crippen LogP contribution in [-0.4, -0.2) is 37.2 Å². The second-order valence-corrected chi connectivity index (χ2v) is 22.4. The van der Waals surface area contributed by atoms with Gasteiger partial charge in [-0.3, -0.25) is 14.4 Å². The quantitative estimate of drug-likeness (QED) is 0.0261. The highest BCUT2D eigenvalue weighted by Gasteiger charge is 2.19. The molecule has 82 heavy (non-hydrogen) atoms. The molecular formula is C76H126O6. The zero-order chi connectivity index (χ0) is 59.2. The first-order valence-corrected chi connectivity index (χ1v) is 34.2. The molecule has 1 unspecified atom stereocenters. The van der Waals surface area contributed by atoms with Gasteiger partial charge in [-0.2, -0.15) is 0 Å². The van der Waals surface area contributed by atoms with E-state index in [4.69, 9.17) is 14.2 Å². The van der Waals surface area contributed by atoms with Gasteiger partial charge in [0.05, 0.1) is 0 Å². The summed E-state index contributed by atoms with van der Waals surface area (Å²) in [6, 6.07) is 0. The van der Waals surface area contributed by atoms with Gasteiger partial charge in [-0.05, 0) is 122 Å². The number of allylic oxidation sites excluding steroid dienone is 22. The third-order valence-corrected chi connectivity index (χ3v) is 14.4. The van der Waals surface area contributed by atoms with E-state index in [9.17, 15) is 14.4 Å². The van der Waals surface area contributed by atoms with E-state index < -0.39 is 6.10 Å². The molecule has 0 amide bonds. The number of hydrogen-bond donors (Lipinski definition) is 0. The van der Waals surface area contributed by atoms with E-state index in [1.54, 1.807) is 0 Å². The molecule has 0 aliphatic rings. The highest BCUT2D eigenvalue weighted by molar-refractivity contribution is 5.71. The molecular weight excluding hydrogens is 1010 g/mol. The van der Waals surface area contributed by atoms with Crippen molar-refractivity contribution in [2.45, 2.75) is 316 Å². The molecule has 6 heteroatoms. The SMILES string of the molecule is CC/C=C\C/C=C\C/C=C\C/C=C\C/C=C\C/C=C\C/C=C\C/C=C\CCCCC(=O)OCC(COC(=O)CCCCCCCCCCCCCC)OC(=O)CCCCCCCCCCCC/C=C\C/C=C\C/C=C\CCCCCCC. The molecule has 0 bridgehead atoms. The lowest BCUT2D eigenvalue weighted by atomic mass is 10.0. The smallest absolute Gasteiger partial charge is 0.306 e. The summed E-state index contributed by atoms with van der Waals surface area (Å²) in [7, 11) is 0. The molecule has 0 N–H and O–H groups in total. The molecule has 0 rings (SSSR count). The van der Waals surface area contributed by atoms with Crippen molar-refractivity contribution < 1.29 is 28.6 Å². The van der Waals surface area contributed by atoms with Crippen molar-refractivity contribution >= 4 is 17.9 Å². The highest BCUT2D eigenvalue weighted by atomic mass is 16.6. The fourth-order valence-electron chi connectivity index (χ4n) is 9.29. The van der Waals surface area contributed by atoms with Crippen LogP contribution >= 0.6 is 0 Å². The maximum Gasteiger partial charge on any atom is 0.306 e. The molecule has 0 aliphatic carbocycles. The van der Waals surface area contributed by atoms with Crippen molar-refractivity contribution in [3.63, 3.8) is 0 Å². The molecule has 466 valence electrons. The molecule has 0 saturated carbocycles. The monoisotopic (exact) mass is 1130 g/mol. The van der Waals surface area contributed by atoms with Crippen molar-refractivity contribution in [3.05, 3.63) is 134 Å². The summed E-state index contributed by atoms with van der Waals surface area (Å²) in [5.41, 5.74) is 0. The van der Waals surface area contributed by atoms with Gasteiger partial charge in [0.1, 0.15) is 13.2 Å². The van der Waals surface area contributed by atoms with Crippen molar-refractivity contribution in [1.29, 1.82) is 0 Å². The standard InChI is InChI=1S/C76H126O6/c1-4-7-10-13-16-19-22-25-27-29-31-33-35-37-38-40-41-43-45-47-49-51-54-57-60-63-66-69-75(78)81-72-73(71-80-74(77)68-65-62-59-56-53-24-21-18-15-12-9-6-3)82-76(79)70-67-64-61-58-55-52-50-48-46-44-42-39-36-34-32-30-28-26-23-20-17-14-11-8-5-2/h7,10,16,19,23,25-27,30-33,36-39,41,43,47,49,54,57,73H,4-6,8-9,11-15,17-18,20-22,24,28-29,34-35,40,42,44-46,48,50-53,55-56,58-72H2,1-3H3/b10-7-,19-16-,26-23-,27-25-,32-30-,33-31-,38-37-,39-36-,43-41-,49-47-,57-54-. The summed E-state index contributed by atoms with van der Waals surface area (Å²) in [5, 5.41) is 0. The normalized spacial score (nSPS) is 13.0. The molecule has 0 heterocycles. The average Bonchev–Trinajstić information content (AvgIpc) is 3.47. The lowest BCUT2D eigenvalue weighted by Crippen LogP contribution is -2.30. The fourth-order valence-corrected chi connectivity index (χ4v) is 9.29. The Bertz CT molecular complexity index is 1730. The Balaban J connectivity index is 4.40. The van der Waals surface area contributed by atoms with Gasteiger partial charge in [0, 0.05) is 19.3 Å². The first kappa shape index (κ1) is 77.5. The fraction of sp³-hybridized carbons (Fsp3) is 0.671. The third-order valence-electron chi connectivity index (χ3n) is 14.4. The van der Waals surface area contributed by atoms with Gasteiger partial charge in [0.25, 0.3) is 0 Å². The minimum absolute atomic E-state index is 0.0946. The molecule has 1 atom stereocenters. The maximum absolute atomic E-state index is 12.9. The lowest BCUT2D eigenvalue weighted by Gasteiger charge is -2.18. The Hall–Kier alpha value is -4.45. The summed E-state index contributed by atoms with van der Waals surface area (Å²) in [5.74, 6) is -0.938. The number of unbranched alkanes of at least 4 members (excludes halogenated alkanes) is 28. The van der Waals surface area contributed by atoms with Crippen LogP contribution in [0, 0.1) is 0 Å². The summed E-state index contributed by atoms with van der Waals surface area (Å²) < 4.78 is 16.9. The number of esters is 3. The predicted molar refractivity (Wildman–Crippen MR) is 357 cm³/mol. The van der Waals surface area contributed by atoms with E-state index in [0.717, 1.165) is 116 Å². The third kappa shape index (κ3) is 66.4. The van der Waals surface area contributed by atoms with Crippen molar-refractivity contribution in [1.82, 2.24) is 0 Å². The molecule has 0 aromatic carbocycles. The number of carbonyl (C=O) groups excluding carboxylic acids is 3. The van der Waals surface area contributed by atoms with Crippen LogP contribution in [0.5, 0.6) is 0 Å². The summed E-state index contributed by atoms with van der Waals surface area (Å²) in [6.45, 7) is 6.49. The van der Waals surface area contributed by atoms with Gasteiger partial charge in [0.15, 0.2) is 6.10 Å². The summed E-state index contributed by atoms with van der Waals surface area (Å²) in [6.07, 6.45) is 97.5. The Kier molecular flexibility index (Phi) is 65.3. The van der Waals surface area contributed by atoms with Crippen LogP contribution in [0.3, 0.4) is 0 Å². The second-order valence-electron chi connectivity index (χ2n) is 22.4. The Morgan fingerprint density at radius 2 is 0.476 bits per heavy atom. The van der Waals surface area contributed by atoms with Crippen LogP contribution in [0.2, 0.25) is 0 Å². The molecule has 0 aromatic rings.